The van der Waals surface area contributed by atoms with Gasteiger partial charge in [-0.1, -0.05) is 17.7 Å². The first-order valence-corrected chi connectivity index (χ1v) is 7.20. The zero-order valence-corrected chi connectivity index (χ0v) is 10.5. The zero-order chi connectivity index (χ0) is 12.5. The van der Waals surface area contributed by atoms with Gasteiger partial charge in [0, 0.05) is 0 Å². The van der Waals surface area contributed by atoms with Crippen LogP contribution >= 0.6 is 0 Å². The minimum Gasteiger partial charge on any atom is -0.246 e. The van der Waals surface area contributed by atoms with Crippen molar-refractivity contribution in [2.75, 3.05) is 0 Å². The molecule has 1 aliphatic rings. The molecule has 0 spiro atoms. The van der Waals surface area contributed by atoms with Crippen LogP contribution in [0.15, 0.2) is 29.2 Å². The normalized spacial score (nSPS) is 25.1. The molecule has 1 aliphatic carbocycles. The summed E-state index contributed by atoms with van der Waals surface area (Å²) in [6.07, 6.45) is 0.700. The molecule has 0 unspecified atom stereocenters. The van der Waals surface area contributed by atoms with Crippen LogP contribution in [0.2, 0.25) is 0 Å². The Morgan fingerprint density at radius 2 is 1.88 bits per heavy atom. The van der Waals surface area contributed by atoms with Gasteiger partial charge in [-0.05, 0) is 38.3 Å². The van der Waals surface area contributed by atoms with E-state index in [0.29, 0.717) is 12.8 Å². The van der Waals surface area contributed by atoms with E-state index in [9.17, 15) is 12.8 Å². The summed E-state index contributed by atoms with van der Waals surface area (Å²) in [4.78, 5) is 0.196. The van der Waals surface area contributed by atoms with Gasteiger partial charge in [-0.25, -0.2) is 17.5 Å². The Morgan fingerprint density at radius 1 is 1.24 bits per heavy atom. The number of benzene rings is 1. The second kappa shape index (κ2) is 4.74. The molecule has 0 radical (unpaired) electrons. The number of sulfonamides is 1. The second-order valence-corrected chi connectivity index (χ2v) is 6.20. The highest BCUT2D eigenvalue weighted by molar-refractivity contribution is 7.89. The summed E-state index contributed by atoms with van der Waals surface area (Å²) in [5, 5.41) is 0. The summed E-state index contributed by atoms with van der Waals surface area (Å²) in [7, 11) is -3.58. The quantitative estimate of drug-likeness (QED) is 0.902. The van der Waals surface area contributed by atoms with Crippen LogP contribution in [0.25, 0.3) is 0 Å². The number of rotatable bonds is 3. The molecule has 0 amide bonds. The average Bonchev–Trinajstić information content (AvgIpc) is 2.64. The van der Waals surface area contributed by atoms with Crippen LogP contribution in [-0.2, 0) is 10.0 Å². The Hall–Kier alpha value is -0.940. The van der Waals surface area contributed by atoms with Gasteiger partial charge in [0.2, 0.25) is 10.0 Å². The summed E-state index contributed by atoms with van der Waals surface area (Å²) < 4.78 is 39.7. The topological polar surface area (TPSA) is 46.2 Å². The van der Waals surface area contributed by atoms with Crippen LogP contribution in [0.4, 0.5) is 4.39 Å². The Kier molecular flexibility index (Phi) is 3.49. The van der Waals surface area contributed by atoms with E-state index < -0.39 is 22.2 Å². The van der Waals surface area contributed by atoms with E-state index in [0.717, 1.165) is 12.0 Å². The van der Waals surface area contributed by atoms with E-state index in [-0.39, 0.29) is 4.90 Å². The molecule has 2 atom stereocenters. The fourth-order valence-electron chi connectivity index (χ4n) is 2.03. The Morgan fingerprint density at radius 3 is 2.41 bits per heavy atom. The molecular formula is C12H16FNO2S. The van der Waals surface area contributed by atoms with Crippen LogP contribution in [0.3, 0.4) is 0 Å². The van der Waals surface area contributed by atoms with Crippen molar-refractivity contribution in [3.05, 3.63) is 29.8 Å². The highest BCUT2D eigenvalue weighted by Crippen LogP contribution is 2.23. The SMILES string of the molecule is Cc1ccc(S(=O)(=O)N[C@@H]2CCC[C@H]2F)cc1. The van der Waals surface area contributed by atoms with Gasteiger partial charge in [0.1, 0.15) is 6.17 Å². The zero-order valence-electron chi connectivity index (χ0n) is 9.69. The van der Waals surface area contributed by atoms with Gasteiger partial charge < -0.3 is 0 Å². The maximum Gasteiger partial charge on any atom is 0.240 e. The van der Waals surface area contributed by atoms with Crippen molar-refractivity contribution >= 4 is 10.0 Å². The number of halogens is 1. The van der Waals surface area contributed by atoms with E-state index in [4.69, 9.17) is 0 Å². The predicted octanol–water partition coefficient (Wildman–Crippen LogP) is 2.16. The number of alkyl halides is 1. The molecule has 3 nitrogen and oxygen atoms in total. The van der Waals surface area contributed by atoms with Crippen LogP contribution in [0.1, 0.15) is 24.8 Å². The molecule has 1 aromatic rings. The van der Waals surface area contributed by atoms with Gasteiger partial charge >= 0.3 is 0 Å². The van der Waals surface area contributed by atoms with Gasteiger partial charge in [0.25, 0.3) is 0 Å². The molecule has 0 heterocycles. The molecule has 1 saturated carbocycles. The molecule has 0 aliphatic heterocycles. The van der Waals surface area contributed by atoms with Crippen LogP contribution < -0.4 is 4.72 Å². The summed E-state index contributed by atoms with van der Waals surface area (Å²) >= 11 is 0. The van der Waals surface area contributed by atoms with Gasteiger partial charge in [0.15, 0.2) is 0 Å². The van der Waals surface area contributed by atoms with E-state index in [1.165, 1.54) is 0 Å². The number of hydrogen-bond acceptors (Lipinski definition) is 2. The largest absolute Gasteiger partial charge is 0.246 e. The van der Waals surface area contributed by atoms with Gasteiger partial charge in [-0.3, -0.25) is 0 Å². The standard InChI is InChI=1S/C12H16FNO2S/c1-9-5-7-10(8-6-9)17(15,16)14-12-4-2-3-11(12)13/h5-8,11-12,14H,2-4H2,1H3/t11-,12-/m1/s1. The van der Waals surface area contributed by atoms with Gasteiger partial charge in [-0.15, -0.1) is 0 Å². The molecule has 94 valence electrons. The molecule has 1 fully saturated rings. The molecule has 0 bridgehead atoms. The minimum atomic E-state index is -3.58. The van der Waals surface area contributed by atoms with Crippen molar-refractivity contribution in [3.8, 4) is 0 Å². The fraction of sp³-hybridized carbons (Fsp3) is 0.500. The monoisotopic (exact) mass is 257 g/mol. The molecule has 1 N–H and O–H groups in total. The molecule has 17 heavy (non-hydrogen) atoms. The number of aryl methyl sites for hydroxylation is 1. The van der Waals surface area contributed by atoms with Crippen LogP contribution in [0, 0.1) is 6.92 Å². The Balaban J connectivity index is 2.16. The first-order chi connectivity index (χ1) is 7.99. The first-order valence-electron chi connectivity index (χ1n) is 5.72. The fourth-order valence-corrected chi connectivity index (χ4v) is 3.33. The summed E-state index contributed by atoms with van der Waals surface area (Å²) in [5.74, 6) is 0. The van der Waals surface area contributed by atoms with Crippen molar-refractivity contribution in [2.45, 2.75) is 43.3 Å². The van der Waals surface area contributed by atoms with Crippen molar-refractivity contribution in [3.63, 3.8) is 0 Å². The third-order valence-corrected chi connectivity index (χ3v) is 4.58. The van der Waals surface area contributed by atoms with E-state index in [2.05, 4.69) is 4.72 Å². The lowest BCUT2D eigenvalue weighted by Crippen LogP contribution is -2.38. The van der Waals surface area contributed by atoms with Crippen molar-refractivity contribution in [2.24, 2.45) is 0 Å². The van der Waals surface area contributed by atoms with Crippen molar-refractivity contribution < 1.29 is 12.8 Å². The highest BCUT2D eigenvalue weighted by atomic mass is 32.2. The third kappa shape index (κ3) is 2.84. The molecular weight excluding hydrogens is 241 g/mol. The maximum absolute atomic E-state index is 13.4. The smallest absolute Gasteiger partial charge is 0.240 e. The van der Waals surface area contributed by atoms with E-state index in [1.807, 2.05) is 6.92 Å². The molecule has 0 aromatic heterocycles. The van der Waals surface area contributed by atoms with Crippen LogP contribution in [-0.4, -0.2) is 20.6 Å². The summed E-state index contributed by atoms with van der Waals surface area (Å²) in [5.41, 5.74) is 0.994. The average molecular weight is 257 g/mol. The lowest BCUT2D eigenvalue weighted by molar-refractivity contribution is 0.300. The second-order valence-electron chi connectivity index (χ2n) is 4.49. The predicted molar refractivity (Wildman–Crippen MR) is 64.0 cm³/mol. The summed E-state index contributed by atoms with van der Waals surface area (Å²) in [6.45, 7) is 1.89. The maximum atomic E-state index is 13.4. The lowest BCUT2D eigenvalue weighted by Gasteiger charge is -2.15. The van der Waals surface area contributed by atoms with Crippen molar-refractivity contribution in [1.29, 1.82) is 0 Å². The lowest BCUT2D eigenvalue weighted by atomic mass is 10.2. The summed E-state index contributed by atoms with van der Waals surface area (Å²) in [6, 6.07) is 5.98. The number of hydrogen-bond donors (Lipinski definition) is 1. The van der Waals surface area contributed by atoms with Gasteiger partial charge in [0.05, 0.1) is 10.9 Å². The van der Waals surface area contributed by atoms with Gasteiger partial charge in [-0.2, -0.15) is 0 Å². The molecule has 5 heteroatoms. The molecule has 2 rings (SSSR count). The highest BCUT2D eigenvalue weighted by Gasteiger charge is 2.31. The van der Waals surface area contributed by atoms with Crippen molar-refractivity contribution in [1.82, 2.24) is 4.72 Å². The molecule has 0 saturated heterocycles. The molecule has 1 aromatic carbocycles. The van der Waals surface area contributed by atoms with E-state index >= 15 is 0 Å². The number of nitrogens with one attached hydrogen (secondary N) is 1. The Labute approximate surface area is 101 Å². The first kappa shape index (κ1) is 12.5. The Bertz CT molecular complexity index is 484. The van der Waals surface area contributed by atoms with E-state index in [1.54, 1.807) is 24.3 Å². The minimum absolute atomic E-state index is 0.196. The van der Waals surface area contributed by atoms with Crippen LogP contribution in [0.5, 0.6) is 0 Å². The third-order valence-electron chi connectivity index (χ3n) is 3.07.